The van der Waals surface area contributed by atoms with Crippen LogP contribution in [0.25, 0.3) is 11.3 Å². The Kier molecular flexibility index (Phi) is 5.40. The van der Waals surface area contributed by atoms with Crippen LogP contribution in [0.1, 0.15) is 0 Å². The standard InChI is InChI=1S/C17H14ClN3OS2/c18-12-6-4-11(5-7-12)15-9-24-17(20-15)21-16(22)10-23-14-3-1-2-13(19)8-14/h1-9H,10,19H2,(H,20,21,22). The van der Waals surface area contributed by atoms with E-state index >= 15 is 0 Å². The van der Waals surface area contributed by atoms with Crippen LogP contribution in [0.3, 0.4) is 0 Å². The number of anilines is 2. The van der Waals surface area contributed by atoms with Gasteiger partial charge in [-0.25, -0.2) is 4.98 Å². The second kappa shape index (κ2) is 7.70. The van der Waals surface area contributed by atoms with Crippen molar-refractivity contribution >= 4 is 51.4 Å². The molecule has 122 valence electrons. The van der Waals surface area contributed by atoms with E-state index in [9.17, 15) is 4.79 Å². The summed E-state index contributed by atoms with van der Waals surface area (Å²) in [5, 5.41) is 5.99. The molecule has 1 heterocycles. The summed E-state index contributed by atoms with van der Waals surface area (Å²) >= 11 is 8.72. The molecule has 4 nitrogen and oxygen atoms in total. The maximum atomic E-state index is 12.0. The zero-order valence-electron chi connectivity index (χ0n) is 12.5. The Morgan fingerprint density at radius 2 is 2.04 bits per heavy atom. The predicted octanol–water partition coefficient (Wildman–Crippen LogP) is 4.78. The van der Waals surface area contributed by atoms with Crippen LogP contribution in [0, 0.1) is 0 Å². The number of thiazole rings is 1. The number of hydrogen-bond acceptors (Lipinski definition) is 5. The quantitative estimate of drug-likeness (QED) is 0.497. The molecule has 0 saturated carbocycles. The summed E-state index contributed by atoms with van der Waals surface area (Å²) < 4.78 is 0. The normalized spacial score (nSPS) is 10.5. The molecule has 3 aromatic rings. The van der Waals surface area contributed by atoms with E-state index in [1.807, 2.05) is 53.9 Å². The lowest BCUT2D eigenvalue weighted by molar-refractivity contribution is -0.113. The Bertz CT molecular complexity index is 849. The van der Waals surface area contributed by atoms with Crippen LogP contribution in [0.15, 0.2) is 58.8 Å². The molecule has 0 radical (unpaired) electrons. The Morgan fingerprint density at radius 1 is 1.25 bits per heavy atom. The first-order valence-electron chi connectivity index (χ1n) is 7.10. The first-order chi connectivity index (χ1) is 11.6. The van der Waals surface area contributed by atoms with Crippen molar-refractivity contribution < 1.29 is 4.79 Å². The first-order valence-corrected chi connectivity index (χ1v) is 9.34. The molecule has 0 aliphatic rings. The number of amides is 1. The van der Waals surface area contributed by atoms with Gasteiger partial charge in [0.15, 0.2) is 5.13 Å². The van der Waals surface area contributed by atoms with Crippen LogP contribution in [0.2, 0.25) is 5.02 Å². The minimum absolute atomic E-state index is 0.0977. The molecule has 1 aromatic heterocycles. The number of hydrogen-bond donors (Lipinski definition) is 2. The number of carbonyl (C=O) groups is 1. The number of aromatic nitrogens is 1. The second-order valence-electron chi connectivity index (χ2n) is 4.95. The Morgan fingerprint density at radius 3 is 2.79 bits per heavy atom. The van der Waals surface area contributed by atoms with E-state index in [4.69, 9.17) is 17.3 Å². The van der Waals surface area contributed by atoms with Crippen molar-refractivity contribution in [1.29, 1.82) is 0 Å². The van der Waals surface area contributed by atoms with Gasteiger partial charge in [-0.3, -0.25) is 4.79 Å². The van der Waals surface area contributed by atoms with Gasteiger partial charge in [-0.15, -0.1) is 23.1 Å². The minimum atomic E-state index is -0.0977. The fraction of sp³-hybridized carbons (Fsp3) is 0.0588. The van der Waals surface area contributed by atoms with Gasteiger partial charge >= 0.3 is 0 Å². The van der Waals surface area contributed by atoms with Gasteiger partial charge in [0.1, 0.15) is 0 Å². The molecule has 24 heavy (non-hydrogen) atoms. The molecule has 0 spiro atoms. The summed E-state index contributed by atoms with van der Waals surface area (Å²) in [5.41, 5.74) is 8.19. The number of thioether (sulfide) groups is 1. The topological polar surface area (TPSA) is 68.0 Å². The molecular formula is C17H14ClN3OS2. The third-order valence-electron chi connectivity index (χ3n) is 3.12. The monoisotopic (exact) mass is 375 g/mol. The molecule has 7 heteroatoms. The van der Waals surface area contributed by atoms with Crippen LogP contribution >= 0.6 is 34.7 Å². The van der Waals surface area contributed by atoms with Crippen molar-refractivity contribution in [3.63, 3.8) is 0 Å². The van der Waals surface area contributed by atoms with Gasteiger partial charge in [-0.05, 0) is 30.3 Å². The predicted molar refractivity (Wildman–Crippen MR) is 103 cm³/mol. The SMILES string of the molecule is Nc1cccc(SCC(=O)Nc2nc(-c3ccc(Cl)cc3)cs2)c1. The van der Waals surface area contributed by atoms with E-state index < -0.39 is 0 Å². The molecule has 3 rings (SSSR count). The van der Waals surface area contributed by atoms with Crippen molar-refractivity contribution in [3.8, 4) is 11.3 Å². The lowest BCUT2D eigenvalue weighted by Gasteiger charge is -2.03. The summed E-state index contributed by atoms with van der Waals surface area (Å²) in [5.74, 6) is 0.207. The number of halogens is 1. The smallest absolute Gasteiger partial charge is 0.236 e. The van der Waals surface area contributed by atoms with E-state index in [2.05, 4.69) is 10.3 Å². The molecule has 2 aromatic carbocycles. The Hall–Kier alpha value is -2.02. The van der Waals surface area contributed by atoms with Gasteiger partial charge in [-0.2, -0.15) is 0 Å². The first kappa shape index (κ1) is 16.8. The van der Waals surface area contributed by atoms with E-state index in [1.165, 1.54) is 23.1 Å². The van der Waals surface area contributed by atoms with E-state index in [0.29, 0.717) is 21.6 Å². The maximum absolute atomic E-state index is 12.0. The highest BCUT2D eigenvalue weighted by atomic mass is 35.5. The molecule has 0 aliphatic heterocycles. The van der Waals surface area contributed by atoms with Crippen molar-refractivity contribution in [2.24, 2.45) is 0 Å². The van der Waals surface area contributed by atoms with Gasteiger partial charge in [0.25, 0.3) is 0 Å². The molecule has 1 amide bonds. The molecule has 0 aliphatic carbocycles. The van der Waals surface area contributed by atoms with Gasteiger partial charge < -0.3 is 11.1 Å². The van der Waals surface area contributed by atoms with E-state index in [0.717, 1.165) is 16.2 Å². The third-order valence-corrected chi connectivity index (χ3v) is 5.12. The molecule has 0 fully saturated rings. The number of benzene rings is 2. The number of rotatable bonds is 5. The second-order valence-corrected chi connectivity index (χ2v) is 7.30. The third kappa shape index (κ3) is 4.50. The van der Waals surface area contributed by atoms with Crippen LogP contribution in [-0.2, 0) is 4.79 Å². The number of nitrogens with one attached hydrogen (secondary N) is 1. The van der Waals surface area contributed by atoms with E-state index in [1.54, 1.807) is 0 Å². The fourth-order valence-electron chi connectivity index (χ4n) is 1.99. The lowest BCUT2D eigenvalue weighted by Crippen LogP contribution is -2.13. The zero-order chi connectivity index (χ0) is 16.9. The Labute approximate surface area is 153 Å². The van der Waals surface area contributed by atoms with Crippen molar-refractivity contribution in [1.82, 2.24) is 4.98 Å². The molecule has 3 N–H and O–H groups in total. The molecule has 0 saturated heterocycles. The van der Waals surface area contributed by atoms with E-state index in [-0.39, 0.29) is 5.91 Å². The number of nitrogens with two attached hydrogens (primary N) is 1. The van der Waals surface area contributed by atoms with Crippen LogP contribution < -0.4 is 11.1 Å². The van der Waals surface area contributed by atoms with Crippen molar-refractivity contribution in [2.75, 3.05) is 16.8 Å². The highest BCUT2D eigenvalue weighted by Gasteiger charge is 2.09. The summed E-state index contributed by atoms with van der Waals surface area (Å²) in [6.07, 6.45) is 0. The maximum Gasteiger partial charge on any atom is 0.236 e. The molecule has 0 bridgehead atoms. The van der Waals surface area contributed by atoms with Gasteiger partial charge in [-0.1, -0.05) is 29.8 Å². The molecular weight excluding hydrogens is 362 g/mol. The largest absolute Gasteiger partial charge is 0.399 e. The van der Waals surface area contributed by atoms with Crippen molar-refractivity contribution in [2.45, 2.75) is 4.90 Å². The fourth-order valence-corrected chi connectivity index (χ4v) is 3.62. The number of nitrogens with zero attached hydrogens (tertiary/aromatic N) is 1. The summed E-state index contributed by atoms with van der Waals surface area (Å²) in [6.45, 7) is 0. The summed E-state index contributed by atoms with van der Waals surface area (Å²) in [6, 6.07) is 14.9. The van der Waals surface area contributed by atoms with Gasteiger partial charge in [0.05, 0.1) is 11.4 Å². The van der Waals surface area contributed by atoms with Crippen molar-refractivity contribution in [3.05, 3.63) is 58.9 Å². The minimum Gasteiger partial charge on any atom is -0.399 e. The number of carbonyl (C=O) groups excluding carboxylic acids is 1. The summed E-state index contributed by atoms with van der Waals surface area (Å²) in [7, 11) is 0. The summed E-state index contributed by atoms with van der Waals surface area (Å²) in [4.78, 5) is 17.4. The highest BCUT2D eigenvalue weighted by Crippen LogP contribution is 2.26. The van der Waals surface area contributed by atoms with Crippen LogP contribution in [0.5, 0.6) is 0 Å². The lowest BCUT2D eigenvalue weighted by atomic mass is 10.2. The zero-order valence-corrected chi connectivity index (χ0v) is 14.9. The van der Waals surface area contributed by atoms with Gasteiger partial charge in [0.2, 0.25) is 5.91 Å². The Balaban J connectivity index is 1.58. The van der Waals surface area contributed by atoms with Gasteiger partial charge in [0, 0.05) is 26.5 Å². The van der Waals surface area contributed by atoms with Crippen LogP contribution in [-0.4, -0.2) is 16.6 Å². The number of nitrogen functional groups attached to an aromatic ring is 1. The molecule has 0 atom stereocenters. The highest BCUT2D eigenvalue weighted by molar-refractivity contribution is 8.00. The molecule has 0 unspecified atom stereocenters. The average Bonchev–Trinajstić information content (AvgIpc) is 3.02. The average molecular weight is 376 g/mol. The van der Waals surface area contributed by atoms with Crippen LogP contribution in [0.4, 0.5) is 10.8 Å².